The van der Waals surface area contributed by atoms with E-state index >= 15 is 0 Å². The summed E-state index contributed by atoms with van der Waals surface area (Å²) >= 11 is 0. The Balaban J connectivity index is 1.97. The average molecular weight is 316 g/mol. The quantitative estimate of drug-likeness (QED) is 0.852. The van der Waals surface area contributed by atoms with Crippen LogP contribution in [0.4, 0.5) is 0 Å². The lowest BCUT2D eigenvalue weighted by Gasteiger charge is -2.12. The number of rotatable bonds is 6. The van der Waals surface area contributed by atoms with E-state index in [1.165, 1.54) is 24.3 Å². The van der Waals surface area contributed by atoms with Gasteiger partial charge in [-0.2, -0.15) is 5.26 Å². The highest BCUT2D eigenvalue weighted by molar-refractivity contribution is 7.89. The van der Waals surface area contributed by atoms with Crippen LogP contribution in [-0.2, 0) is 10.0 Å². The SMILES string of the molecule is N#Cc1cccc(S(=O)(=O)NCCC(O)c2ccccc2)c1. The molecule has 0 bridgehead atoms. The maximum Gasteiger partial charge on any atom is 0.240 e. The number of nitrogens with zero attached hydrogens (tertiary/aromatic N) is 1. The number of hydrogen-bond donors (Lipinski definition) is 2. The third-order valence-electron chi connectivity index (χ3n) is 3.17. The van der Waals surface area contributed by atoms with Crippen molar-refractivity contribution in [3.05, 3.63) is 65.7 Å². The lowest BCUT2D eigenvalue weighted by Crippen LogP contribution is -2.26. The fourth-order valence-electron chi connectivity index (χ4n) is 1.99. The summed E-state index contributed by atoms with van der Waals surface area (Å²) in [5, 5.41) is 18.8. The van der Waals surface area contributed by atoms with Crippen LogP contribution >= 0.6 is 0 Å². The third kappa shape index (κ3) is 4.15. The summed E-state index contributed by atoms with van der Waals surface area (Å²) in [5.74, 6) is 0. The largest absolute Gasteiger partial charge is 0.388 e. The Morgan fingerprint density at radius 3 is 2.55 bits per heavy atom. The molecule has 6 heteroatoms. The Labute approximate surface area is 129 Å². The molecule has 2 N–H and O–H groups in total. The summed E-state index contributed by atoms with van der Waals surface area (Å²) in [6.45, 7) is 0.106. The number of benzene rings is 2. The molecule has 0 amide bonds. The topological polar surface area (TPSA) is 90.2 Å². The molecule has 0 aromatic heterocycles. The summed E-state index contributed by atoms with van der Waals surface area (Å²) in [7, 11) is -3.68. The van der Waals surface area contributed by atoms with Crippen LogP contribution in [0.25, 0.3) is 0 Å². The normalized spacial score (nSPS) is 12.5. The molecule has 2 aromatic carbocycles. The van der Waals surface area contributed by atoms with Gasteiger partial charge in [0.05, 0.1) is 22.6 Å². The highest BCUT2D eigenvalue weighted by Gasteiger charge is 2.15. The van der Waals surface area contributed by atoms with Gasteiger partial charge in [-0.05, 0) is 30.2 Å². The van der Waals surface area contributed by atoms with Crippen molar-refractivity contribution in [2.24, 2.45) is 0 Å². The molecular weight excluding hydrogens is 300 g/mol. The molecular formula is C16H16N2O3S. The van der Waals surface area contributed by atoms with Crippen molar-refractivity contribution in [3.63, 3.8) is 0 Å². The van der Waals surface area contributed by atoms with Gasteiger partial charge >= 0.3 is 0 Å². The van der Waals surface area contributed by atoms with Crippen LogP contribution in [-0.4, -0.2) is 20.1 Å². The Bertz CT molecular complexity index is 767. The van der Waals surface area contributed by atoms with E-state index in [-0.39, 0.29) is 23.4 Å². The highest BCUT2D eigenvalue weighted by Crippen LogP contribution is 2.16. The fraction of sp³-hybridized carbons (Fsp3) is 0.188. The maximum atomic E-state index is 12.1. The van der Waals surface area contributed by atoms with E-state index < -0.39 is 16.1 Å². The number of hydrogen-bond acceptors (Lipinski definition) is 4. The van der Waals surface area contributed by atoms with Gasteiger partial charge in [-0.3, -0.25) is 0 Å². The van der Waals surface area contributed by atoms with Crippen LogP contribution in [0.1, 0.15) is 23.7 Å². The predicted octanol–water partition coefficient (Wildman–Crippen LogP) is 1.96. The number of nitriles is 1. The van der Waals surface area contributed by atoms with Gasteiger partial charge in [0, 0.05) is 6.54 Å². The Morgan fingerprint density at radius 2 is 1.86 bits per heavy atom. The van der Waals surface area contributed by atoms with Gasteiger partial charge in [-0.1, -0.05) is 36.4 Å². The van der Waals surface area contributed by atoms with Crippen molar-refractivity contribution in [3.8, 4) is 6.07 Å². The molecule has 0 fully saturated rings. The summed E-state index contributed by atoms with van der Waals surface area (Å²) in [6, 6.07) is 16.8. The monoisotopic (exact) mass is 316 g/mol. The average Bonchev–Trinajstić information content (AvgIpc) is 2.55. The van der Waals surface area contributed by atoms with E-state index in [1.54, 1.807) is 12.1 Å². The van der Waals surface area contributed by atoms with Crippen LogP contribution in [0.15, 0.2) is 59.5 Å². The van der Waals surface area contributed by atoms with Gasteiger partial charge in [0.2, 0.25) is 10.0 Å². The van der Waals surface area contributed by atoms with Crippen molar-refractivity contribution in [1.82, 2.24) is 4.72 Å². The molecule has 0 aliphatic rings. The van der Waals surface area contributed by atoms with Crippen LogP contribution < -0.4 is 4.72 Å². The highest BCUT2D eigenvalue weighted by atomic mass is 32.2. The lowest BCUT2D eigenvalue weighted by molar-refractivity contribution is 0.169. The summed E-state index contributed by atoms with van der Waals surface area (Å²) in [6.07, 6.45) is -0.462. The molecule has 0 heterocycles. The first kappa shape index (κ1) is 16.2. The van der Waals surface area contributed by atoms with E-state index in [0.29, 0.717) is 0 Å². The molecule has 22 heavy (non-hydrogen) atoms. The molecule has 114 valence electrons. The van der Waals surface area contributed by atoms with E-state index in [9.17, 15) is 13.5 Å². The molecule has 0 saturated carbocycles. The molecule has 1 atom stereocenters. The van der Waals surface area contributed by atoms with Crippen molar-refractivity contribution in [2.75, 3.05) is 6.54 Å². The molecule has 2 rings (SSSR count). The van der Waals surface area contributed by atoms with Crippen molar-refractivity contribution >= 4 is 10.0 Å². The first-order valence-corrected chi connectivity index (χ1v) is 8.24. The summed E-state index contributed by atoms with van der Waals surface area (Å²) in [4.78, 5) is 0.0424. The summed E-state index contributed by atoms with van der Waals surface area (Å²) < 4.78 is 26.7. The van der Waals surface area contributed by atoms with Gasteiger partial charge in [0.1, 0.15) is 0 Å². The molecule has 2 aromatic rings. The minimum Gasteiger partial charge on any atom is -0.388 e. The van der Waals surface area contributed by atoms with Gasteiger partial charge < -0.3 is 5.11 Å². The number of aliphatic hydroxyl groups excluding tert-OH is 1. The second kappa shape index (κ2) is 7.18. The number of aliphatic hydroxyl groups is 1. The molecule has 0 spiro atoms. The Kier molecular flexibility index (Phi) is 5.28. The van der Waals surface area contributed by atoms with E-state index in [1.807, 2.05) is 24.3 Å². The van der Waals surface area contributed by atoms with Crippen LogP contribution in [0, 0.1) is 11.3 Å². The first-order valence-electron chi connectivity index (χ1n) is 6.76. The Hall–Kier alpha value is -2.20. The molecule has 0 radical (unpaired) electrons. The van der Waals surface area contributed by atoms with Crippen LogP contribution in [0.3, 0.4) is 0 Å². The van der Waals surface area contributed by atoms with E-state index in [0.717, 1.165) is 5.56 Å². The van der Waals surface area contributed by atoms with Crippen molar-refractivity contribution in [2.45, 2.75) is 17.4 Å². The fourth-order valence-corrected chi connectivity index (χ4v) is 3.08. The third-order valence-corrected chi connectivity index (χ3v) is 4.63. The molecule has 0 aliphatic carbocycles. The smallest absolute Gasteiger partial charge is 0.240 e. The zero-order chi connectivity index (χ0) is 16.0. The van der Waals surface area contributed by atoms with Crippen molar-refractivity contribution < 1.29 is 13.5 Å². The minimum absolute atomic E-state index is 0.0424. The van der Waals surface area contributed by atoms with E-state index in [2.05, 4.69) is 4.72 Å². The van der Waals surface area contributed by atoms with Gasteiger partial charge in [-0.25, -0.2) is 13.1 Å². The lowest BCUT2D eigenvalue weighted by atomic mass is 10.1. The molecule has 0 aliphatic heterocycles. The predicted molar refractivity (Wildman–Crippen MR) is 82.4 cm³/mol. The van der Waals surface area contributed by atoms with Gasteiger partial charge in [-0.15, -0.1) is 0 Å². The number of nitrogens with one attached hydrogen (secondary N) is 1. The Morgan fingerprint density at radius 1 is 1.14 bits per heavy atom. The standard InChI is InChI=1S/C16H16N2O3S/c17-12-13-5-4-8-15(11-13)22(20,21)18-10-9-16(19)14-6-2-1-3-7-14/h1-8,11,16,18-19H,9-10H2. The minimum atomic E-state index is -3.68. The second-order valence-corrected chi connectivity index (χ2v) is 6.52. The van der Waals surface area contributed by atoms with Gasteiger partial charge in [0.25, 0.3) is 0 Å². The zero-order valence-corrected chi connectivity index (χ0v) is 12.6. The first-order chi connectivity index (χ1) is 10.5. The van der Waals surface area contributed by atoms with Gasteiger partial charge in [0.15, 0.2) is 0 Å². The molecule has 0 saturated heterocycles. The second-order valence-electron chi connectivity index (χ2n) is 4.75. The van der Waals surface area contributed by atoms with Crippen molar-refractivity contribution in [1.29, 1.82) is 5.26 Å². The number of sulfonamides is 1. The zero-order valence-electron chi connectivity index (χ0n) is 11.8. The van der Waals surface area contributed by atoms with Crippen LogP contribution in [0.5, 0.6) is 0 Å². The molecule has 1 unspecified atom stereocenters. The van der Waals surface area contributed by atoms with Crippen LogP contribution in [0.2, 0.25) is 0 Å². The summed E-state index contributed by atoms with van der Waals surface area (Å²) in [5.41, 5.74) is 1.03. The maximum absolute atomic E-state index is 12.1. The van der Waals surface area contributed by atoms with E-state index in [4.69, 9.17) is 5.26 Å². The molecule has 5 nitrogen and oxygen atoms in total.